The van der Waals surface area contributed by atoms with E-state index in [9.17, 15) is 9.59 Å². The van der Waals surface area contributed by atoms with Gasteiger partial charge in [-0.3, -0.25) is 9.59 Å². The molecule has 2 aromatic heterocycles. The molecule has 1 amide bonds. The molecule has 0 bridgehead atoms. The highest BCUT2D eigenvalue weighted by Crippen LogP contribution is 2.45. The molecule has 5 nitrogen and oxygen atoms in total. The quantitative estimate of drug-likeness (QED) is 0.310. The predicted molar refractivity (Wildman–Crippen MR) is 123 cm³/mol. The number of hydrogen-bond donors (Lipinski definition) is 1. The van der Waals surface area contributed by atoms with Crippen LogP contribution >= 0.6 is 27.3 Å². The van der Waals surface area contributed by atoms with E-state index >= 15 is 0 Å². The number of ketones is 1. The van der Waals surface area contributed by atoms with Gasteiger partial charge in [0.25, 0.3) is 0 Å². The minimum absolute atomic E-state index is 0.237. The van der Waals surface area contributed by atoms with Crippen LogP contribution in [0.3, 0.4) is 0 Å². The third kappa shape index (κ3) is 3.02. The van der Waals surface area contributed by atoms with Crippen LogP contribution < -0.4 is 10.1 Å². The smallest absolute Gasteiger partial charge is 0.246 e. The molecule has 3 heterocycles. The fraction of sp³-hybridized carbons (Fsp3) is 0.0870. The van der Waals surface area contributed by atoms with Gasteiger partial charge >= 0.3 is 0 Å². The van der Waals surface area contributed by atoms with Crippen LogP contribution in [0.1, 0.15) is 9.67 Å². The van der Waals surface area contributed by atoms with Crippen molar-refractivity contribution in [2.24, 2.45) is 0 Å². The molecule has 0 saturated carbocycles. The molecule has 0 aliphatic carbocycles. The number of ether oxygens (including phenoxy) is 1. The van der Waals surface area contributed by atoms with Gasteiger partial charge in [-0.1, -0.05) is 58.4 Å². The number of halogens is 1. The van der Waals surface area contributed by atoms with Crippen LogP contribution in [0.5, 0.6) is 5.75 Å². The molecule has 1 aliphatic rings. The Morgan fingerprint density at radius 1 is 1.03 bits per heavy atom. The number of pyridine rings is 1. The molecule has 1 unspecified atom stereocenters. The molecule has 0 fully saturated rings. The molecule has 0 spiro atoms. The first-order valence-corrected chi connectivity index (χ1v) is 11.0. The second-order valence-corrected chi connectivity index (χ2v) is 8.77. The number of amides is 1. The number of thiophene rings is 1. The number of nitrogens with one attached hydrogen (secondary N) is 1. The van der Waals surface area contributed by atoms with E-state index in [-0.39, 0.29) is 11.7 Å². The normalized spacial score (nSPS) is 15.7. The largest absolute Gasteiger partial charge is 0.497 e. The number of benzene rings is 2. The fourth-order valence-corrected chi connectivity index (χ4v) is 5.19. The van der Waals surface area contributed by atoms with Gasteiger partial charge in [-0.25, -0.2) is 4.98 Å². The number of carbonyl (C=O) groups excluding carboxylic acids is 2. The summed E-state index contributed by atoms with van der Waals surface area (Å²) in [7, 11) is 1.63. The number of alkyl halides is 1. The Hall–Kier alpha value is -3.03. The summed E-state index contributed by atoms with van der Waals surface area (Å²) in [5.74, 6) is 0.156. The van der Waals surface area contributed by atoms with E-state index in [1.165, 1.54) is 11.3 Å². The summed E-state index contributed by atoms with van der Waals surface area (Å²) >= 11 is 4.50. The minimum atomic E-state index is -0.879. The van der Waals surface area contributed by atoms with Gasteiger partial charge in [0.2, 0.25) is 5.91 Å². The maximum Gasteiger partial charge on any atom is 0.246 e. The molecule has 30 heavy (non-hydrogen) atoms. The zero-order valence-electron chi connectivity index (χ0n) is 15.8. The van der Waals surface area contributed by atoms with Crippen LogP contribution in [0.2, 0.25) is 0 Å². The summed E-state index contributed by atoms with van der Waals surface area (Å²) < 4.78 is 5.28. The van der Waals surface area contributed by atoms with Crippen LogP contribution in [0.25, 0.3) is 32.6 Å². The van der Waals surface area contributed by atoms with E-state index in [0.717, 1.165) is 33.5 Å². The second kappa shape index (κ2) is 7.34. The maximum atomic E-state index is 12.7. The second-order valence-electron chi connectivity index (χ2n) is 6.85. The lowest BCUT2D eigenvalue weighted by molar-refractivity contribution is -0.115. The molecule has 7 heteroatoms. The molecule has 0 saturated heterocycles. The predicted octanol–water partition coefficient (Wildman–Crippen LogP) is 5.54. The number of Topliss-reactive ketones (excluding diaryl/α,β-unsaturated/α-hetero) is 1. The number of anilines is 1. The summed E-state index contributed by atoms with van der Waals surface area (Å²) in [6.07, 6.45) is 0. The standard InChI is InChI=1S/C23H15BrN2O3S/c1-29-14-9-7-12(8-10-14)15-11-16(13-5-3-2-4-6-13)25-23-17(15)19-21(30-23)20(27)18(24)22(28)26-19/h2-11,18H,1H3,(H,26,28). The first-order valence-electron chi connectivity index (χ1n) is 9.23. The number of fused-ring (bicyclic) bond motifs is 3. The Morgan fingerprint density at radius 3 is 2.47 bits per heavy atom. The maximum absolute atomic E-state index is 12.7. The van der Waals surface area contributed by atoms with E-state index in [0.29, 0.717) is 15.4 Å². The van der Waals surface area contributed by atoms with Gasteiger partial charge in [0, 0.05) is 10.9 Å². The van der Waals surface area contributed by atoms with Crippen molar-refractivity contribution in [3.63, 3.8) is 0 Å². The molecule has 5 rings (SSSR count). The number of hydrogen-bond acceptors (Lipinski definition) is 5. The first-order chi connectivity index (χ1) is 14.6. The van der Waals surface area contributed by atoms with Crippen LogP contribution in [0.4, 0.5) is 5.69 Å². The van der Waals surface area contributed by atoms with Gasteiger partial charge < -0.3 is 10.1 Å². The monoisotopic (exact) mass is 478 g/mol. The molecule has 4 aromatic rings. The Kier molecular flexibility index (Phi) is 4.64. The van der Waals surface area contributed by atoms with E-state index < -0.39 is 4.83 Å². The average molecular weight is 479 g/mol. The highest BCUT2D eigenvalue weighted by molar-refractivity contribution is 9.10. The molecule has 1 atom stereocenters. The summed E-state index contributed by atoms with van der Waals surface area (Å²) in [4.78, 5) is 30.2. The van der Waals surface area contributed by atoms with Crippen molar-refractivity contribution in [2.45, 2.75) is 4.83 Å². The number of methoxy groups -OCH3 is 1. The summed E-state index contributed by atoms with van der Waals surface area (Å²) in [6, 6.07) is 19.6. The van der Waals surface area contributed by atoms with Gasteiger partial charge in [0.05, 0.1) is 23.4 Å². The lowest BCUT2D eigenvalue weighted by Crippen LogP contribution is -2.34. The lowest BCUT2D eigenvalue weighted by Gasteiger charge is -2.17. The van der Waals surface area contributed by atoms with E-state index in [4.69, 9.17) is 9.72 Å². The molecule has 0 radical (unpaired) electrons. The Balaban J connectivity index is 1.81. The van der Waals surface area contributed by atoms with Crippen LogP contribution in [-0.2, 0) is 4.79 Å². The molecular weight excluding hydrogens is 464 g/mol. The Labute approximate surface area is 184 Å². The summed E-state index contributed by atoms with van der Waals surface area (Å²) in [5.41, 5.74) is 4.18. The van der Waals surface area contributed by atoms with Crippen molar-refractivity contribution in [2.75, 3.05) is 12.4 Å². The van der Waals surface area contributed by atoms with Gasteiger partial charge in [-0.2, -0.15) is 0 Å². The van der Waals surface area contributed by atoms with Crippen LogP contribution in [0, 0.1) is 0 Å². The van der Waals surface area contributed by atoms with Crippen molar-refractivity contribution >= 4 is 54.9 Å². The zero-order chi connectivity index (χ0) is 20.8. The van der Waals surface area contributed by atoms with Gasteiger partial charge in [0.1, 0.15) is 10.6 Å². The first kappa shape index (κ1) is 19.0. The van der Waals surface area contributed by atoms with Crippen molar-refractivity contribution < 1.29 is 14.3 Å². The SMILES string of the molecule is COc1ccc(-c2cc(-c3ccccc3)nc3sc4c(c23)NC(=O)C(Br)C4=O)cc1. The molecular formula is C23H15BrN2O3S. The number of aromatic nitrogens is 1. The van der Waals surface area contributed by atoms with Gasteiger partial charge in [-0.05, 0) is 29.3 Å². The van der Waals surface area contributed by atoms with E-state index in [1.807, 2.05) is 60.7 Å². The van der Waals surface area contributed by atoms with Crippen molar-refractivity contribution in [3.05, 3.63) is 65.5 Å². The fourth-order valence-electron chi connectivity index (χ4n) is 3.57. The summed E-state index contributed by atoms with van der Waals surface area (Å²) in [5, 5.41) is 3.67. The number of carbonyl (C=O) groups is 2. The summed E-state index contributed by atoms with van der Waals surface area (Å²) in [6.45, 7) is 0. The molecule has 148 valence electrons. The minimum Gasteiger partial charge on any atom is -0.497 e. The topological polar surface area (TPSA) is 68.3 Å². The highest BCUT2D eigenvalue weighted by atomic mass is 79.9. The number of rotatable bonds is 3. The lowest BCUT2D eigenvalue weighted by atomic mass is 9.98. The molecule has 1 N–H and O–H groups in total. The van der Waals surface area contributed by atoms with Crippen LogP contribution in [0.15, 0.2) is 60.7 Å². The molecule has 2 aromatic carbocycles. The third-order valence-corrected chi connectivity index (χ3v) is 6.99. The highest BCUT2D eigenvalue weighted by Gasteiger charge is 2.36. The van der Waals surface area contributed by atoms with Gasteiger partial charge in [0.15, 0.2) is 10.6 Å². The van der Waals surface area contributed by atoms with Gasteiger partial charge in [-0.15, -0.1) is 11.3 Å². The zero-order valence-corrected chi connectivity index (χ0v) is 18.2. The average Bonchev–Trinajstić information content (AvgIpc) is 3.16. The molecule has 1 aliphatic heterocycles. The number of nitrogens with zero attached hydrogens (tertiary/aromatic N) is 1. The third-order valence-electron chi connectivity index (χ3n) is 5.07. The Bertz CT molecular complexity index is 1300. The van der Waals surface area contributed by atoms with Crippen molar-refractivity contribution in [1.82, 2.24) is 4.98 Å². The Morgan fingerprint density at radius 2 is 1.77 bits per heavy atom. The van der Waals surface area contributed by atoms with E-state index in [1.54, 1.807) is 7.11 Å². The van der Waals surface area contributed by atoms with Crippen molar-refractivity contribution in [3.8, 4) is 28.1 Å². The van der Waals surface area contributed by atoms with E-state index in [2.05, 4.69) is 21.2 Å². The van der Waals surface area contributed by atoms with Crippen LogP contribution in [-0.4, -0.2) is 28.6 Å². The van der Waals surface area contributed by atoms with Crippen molar-refractivity contribution in [1.29, 1.82) is 0 Å².